The van der Waals surface area contributed by atoms with Gasteiger partial charge in [-0.2, -0.15) is 0 Å². The molecule has 0 aliphatic heterocycles. The Hall–Kier alpha value is -2.48. The fourth-order valence-electron chi connectivity index (χ4n) is 2.13. The maximum Gasteiger partial charge on any atom is 0.0625 e. The second-order valence-electron chi connectivity index (χ2n) is 4.95. The molecule has 1 aromatic rings. The zero-order valence-corrected chi connectivity index (χ0v) is 12.2. The fourth-order valence-corrected chi connectivity index (χ4v) is 2.13. The van der Waals surface area contributed by atoms with E-state index in [0.717, 1.165) is 41.7 Å². The van der Waals surface area contributed by atoms with Crippen LogP contribution in [0.2, 0.25) is 0 Å². The molecule has 1 fully saturated rings. The molecule has 2 nitrogen and oxygen atoms in total. The molecule has 0 bridgehead atoms. The molecule has 2 rings (SSSR count). The van der Waals surface area contributed by atoms with Crippen molar-refractivity contribution in [2.75, 3.05) is 0 Å². The summed E-state index contributed by atoms with van der Waals surface area (Å²) in [5, 5.41) is 7.83. The average molecular weight is 276 g/mol. The minimum Gasteiger partial charge on any atom is -0.305 e. The number of nitrogens with zero attached hydrogens (tertiary/aromatic N) is 1. The van der Waals surface area contributed by atoms with E-state index in [9.17, 15) is 0 Å². The first-order valence-electron chi connectivity index (χ1n) is 7.08. The van der Waals surface area contributed by atoms with Crippen molar-refractivity contribution in [3.8, 4) is 0 Å². The van der Waals surface area contributed by atoms with Crippen molar-refractivity contribution in [1.29, 1.82) is 5.41 Å². The van der Waals surface area contributed by atoms with E-state index < -0.39 is 0 Å². The van der Waals surface area contributed by atoms with Crippen LogP contribution >= 0.6 is 0 Å². The minimum atomic E-state index is 0.618. The normalized spacial score (nSPS) is 18.3. The van der Waals surface area contributed by atoms with Gasteiger partial charge in [-0.1, -0.05) is 49.6 Å². The molecule has 2 heteroatoms. The molecule has 1 aliphatic carbocycles. The van der Waals surface area contributed by atoms with Crippen molar-refractivity contribution in [2.45, 2.75) is 19.3 Å². The Morgan fingerprint density at radius 1 is 1.14 bits per heavy atom. The van der Waals surface area contributed by atoms with Gasteiger partial charge in [0.05, 0.1) is 5.69 Å². The van der Waals surface area contributed by atoms with Crippen LogP contribution in [-0.2, 0) is 0 Å². The van der Waals surface area contributed by atoms with Crippen LogP contribution in [-0.4, -0.2) is 11.9 Å². The summed E-state index contributed by atoms with van der Waals surface area (Å²) in [5.41, 5.74) is 4.45. The summed E-state index contributed by atoms with van der Waals surface area (Å²) in [6.45, 7) is 8.02. The number of aliphatic imine (C=N–C) groups is 1. The lowest BCUT2D eigenvalue weighted by atomic mass is 9.85. The van der Waals surface area contributed by atoms with Crippen molar-refractivity contribution in [2.24, 2.45) is 4.99 Å². The van der Waals surface area contributed by atoms with E-state index in [2.05, 4.69) is 18.2 Å². The van der Waals surface area contributed by atoms with Crippen LogP contribution in [0.5, 0.6) is 0 Å². The molecule has 0 aromatic heterocycles. The topological polar surface area (TPSA) is 36.2 Å². The Balaban J connectivity index is 1.91. The molecule has 1 aliphatic rings. The Morgan fingerprint density at radius 3 is 2.67 bits per heavy atom. The highest BCUT2D eigenvalue weighted by atomic mass is 14.7. The summed E-state index contributed by atoms with van der Waals surface area (Å²) >= 11 is 0. The third-order valence-corrected chi connectivity index (χ3v) is 3.38. The molecule has 0 spiro atoms. The lowest BCUT2D eigenvalue weighted by Gasteiger charge is -2.20. The van der Waals surface area contributed by atoms with Gasteiger partial charge >= 0.3 is 0 Å². The molecule has 1 N–H and O–H groups in total. The van der Waals surface area contributed by atoms with Gasteiger partial charge in [-0.25, -0.2) is 0 Å². The zero-order chi connectivity index (χ0) is 15.1. The molecule has 0 amide bonds. The van der Waals surface area contributed by atoms with E-state index in [1.54, 1.807) is 0 Å². The summed E-state index contributed by atoms with van der Waals surface area (Å²) in [6.07, 6.45) is 10.3. The van der Waals surface area contributed by atoms with E-state index in [0.29, 0.717) is 5.71 Å². The molecule has 0 unspecified atom stereocenters. The summed E-state index contributed by atoms with van der Waals surface area (Å²) < 4.78 is 0. The lowest BCUT2D eigenvalue weighted by molar-refractivity contribution is 0.991. The van der Waals surface area contributed by atoms with E-state index in [1.807, 2.05) is 54.8 Å². The van der Waals surface area contributed by atoms with Crippen LogP contribution < -0.4 is 0 Å². The molecule has 0 heterocycles. The van der Waals surface area contributed by atoms with Gasteiger partial charge in [0.1, 0.15) is 0 Å². The number of hydrogen-bond donors (Lipinski definition) is 1. The average Bonchev–Trinajstić information content (AvgIpc) is 2.51. The van der Waals surface area contributed by atoms with Crippen molar-refractivity contribution in [3.05, 3.63) is 78.4 Å². The molecular weight excluding hydrogens is 256 g/mol. The van der Waals surface area contributed by atoms with Gasteiger partial charge < -0.3 is 5.41 Å². The highest BCUT2D eigenvalue weighted by molar-refractivity contribution is 6.04. The summed E-state index contributed by atoms with van der Waals surface area (Å²) in [5.74, 6) is 0. The summed E-state index contributed by atoms with van der Waals surface area (Å²) in [6, 6.07) is 9.88. The molecular formula is C19H20N2. The number of benzene rings is 1. The van der Waals surface area contributed by atoms with Gasteiger partial charge in [0.15, 0.2) is 0 Å². The number of nitrogens with one attached hydrogen (secondary N) is 1. The van der Waals surface area contributed by atoms with Crippen LogP contribution in [0.25, 0.3) is 0 Å². The van der Waals surface area contributed by atoms with Gasteiger partial charge in [0.25, 0.3) is 0 Å². The standard InChI is InChI=1S/C19H20N2/c1-15-12-13-19(20)16(2)18(15)11-7-4-8-14-21-17-9-5-3-6-10-17/h3-7,9-11,14,20H,1-2,8,12-13H2. The molecule has 106 valence electrons. The quantitative estimate of drug-likeness (QED) is 0.735. The number of para-hydroxylation sites is 1. The highest BCUT2D eigenvalue weighted by Gasteiger charge is 2.17. The van der Waals surface area contributed by atoms with Crippen molar-refractivity contribution in [1.82, 2.24) is 0 Å². The smallest absolute Gasteiger partial charge is 0.0625 e. The monoisotopic (exact) mass is 276 g/mol. The van der Waals surface area contributed by atoms with Gasteiger partial charge in [0.2, 0.25) is 0 Å². The second kappa shape index (κ2) is 7.34. The van der Waals surface area contributed by atoms with Gasteiger partial charge in [-0.3, -0.25) is 4.99 Å². The first-order chi connectivity index (χ1) is 10.2. The predicted molar refractivity (Wildman–Crippen MR) is 91.7 cm³/mol. The molecule has 1 aromatic carbocycles. The SMILES string of the molecule is C=C1CCC(=N)C(=C)C1=CC=CCC=Nc1ccccc1. The number of allylic oxidation sites excluding steroid dienone is 6. The first-order valence-corrected chi connectivity index (χ1v) is 7.08. The maximum atomic E-state index is 7.83. The number of rotatable bonds is 4. The van der Waals surface area contributed by atoms with Crippen molar-refractivity contribution < 1.29 is 0 Å². The Morgan fingerprint density at radius 2 is 1.90 bits per heavy atom. The Kier molecular flexibility index (Phi) is 5.22. The Labute approximate surface area is 126 Å². The molecule has 21 heavy (non-hydrogen) atoms. The van der Waals surface area contributed by atoms with Crippen LogP contribution in [0.1, 0.15) is 19.3 Å². The van der Waals surface area contributed by atoms with Gasteiger partial charge in [0, 0.05) is 18.3 Å². The van der Waals surface area contributed by atoms with Crippen LogP contribution in [0.4, 0.5) is 5.69 Å². The number of hydrogen-bond acceptors (Lipinski definition) is 2. The van der Waals surface area contributed by atoms with Gasteiger partial charge in [-0.05, 0) is 41.7 Å². The van der Waals surface area contributed by atoms with Crippen molar-refractivity contribution in [3.63, 3.8) is 0 Å². The van der Waals surface area contributed by atoms with Crippen LogP contribution in [0.3, 0.4) is 0 Å². The Bertz CT molecular complexity index is 631. The summed E-state index contributed by atoms with van der Waals surface area (Å²) in [4.78, 5) is 4.37. The van der Waals surface area contributed by atoms with Crippen LogP contribution in [0.15, 0.2) is 83.4 Å². The summed E-state index contributed by atoms with van der Waals surface area (Å²) in [7, 11) is 0. The van der Waals surface area contributed by atoms with E-state index >= 15 is 0 Å². The van der Waals surface area contributed by atoms with Crippen molar-refractivity contribution >= 4 is 17.6 Å². The van der Waals surface area contributed by atoms with E-state index in [4.69, 9.17) is 5.41 Å². The maximum absolute atomic E-state index is 7.83. The first kappa shape index (κ1) is 14.9. The molecule has 0 atom stereocenters. The zero-order valence-electron chi connectivity index (χ0n) is 12.2. The van der Waals surface area contributed by atoms with E-state index in [1.165, 1.54) is 0 Å². The lowest BCUT2D eigenvalue weighted by Crippen LogP contribution is -2.11. The molecule has 0 radical (unpaired) electrons. The van der Waals surface area contributed by atoms with E-state index in [-0.39, 0.29) is 0 Å². The highest BCUT2D eigenvalue weighted by Crippen LogP contribution is 2.28. The predicted octanol–water partition coefficient (Wildman–Crippen LogP) is 5.19. The van der Waals surface area contributed by atoms with Gasteiger partial charge in [-0.15, -0.1) is 0 Å². The molecule has 1 saturated carbocycles. The third-order valence-electron chi connectivity index (χ3n) is 3.38. The van der Waals surface area contributed by atoms with Crippen LogP contribution in [0, 0.1) is 5.41 Å². The second-order valence-corrected chi connectivity index (χ2v) is 4.95. The minimum absolute atomic E-state index is 0.618. The third kappa shape index (κ3) is 4.25. The molecule has 0 saturated heterocycles. The fraction of sp³-hybridized carbons (Fsp3) is 0.158. The largest absolute Gasteiger partial charge is 0.305 e.